The van der Waals surface area contributed by atoms with Crippen LogP contribution in [0.5, 0.6) is 0 Å². The number of esters is 1. The summed E-state index contributed by atoms with van der Waals surface area (Å²) in [6, 6.07) is 0. The van der Waals surface area contributed by atoms with Gasteiger partial charge in [-0.1, -0.05) is 20.8 Å². The van der Waals surface area contributed by atoms with E-state index >= 15 is 0 Å². The number of aliphatic hydroxyl groups excluding tert-OH is 1. The lowest BCUT2D eigenvalue weighted by Gasteiger charge is -2.22. The predicted molar refractivity (Wildman–Crippen MR) is 55.1 cm³/mol. The number of hydrogen-bond acceptors (Lipinski definition) is 4. The summed E-state index contributed by atoms with van der Waals surface area (Å²) in [5, 5.41) is 11.7. The lowest BCUT2D eigenvalue weighted by atomic mass is 9.89. The summed E-state index contributed by atoms with van der Waals surface area (Å²) in [6.07, 6.45) is -0.612. The highest BCUT2D eigenvalue weighted by Crippen LogP contribution is 2.19. The molecule has 1 unspecified atom stereocenters. The van der Waals surface area contributed by atoms with E-state index in [0.717, 1.165) is 0 Å². The average Bonchev–Trinajstić information content (AvgIpc) is 2.23. The highest BCUT2D eigenvalue weighted by molar-refractivity contribution is 5.82. The fourth-order valence-corrected chi connectivity index (χ4v) is 0.809. The van der Waals surface area contributed by atoms with Crippen LogP contribution in [-0.4, -0.2) is 36.7 Å². The van der Waals surface area contributed by atoms with E-state index in [2.05, 4.69) is 10.1 Å². The van der Waals surface area contributed by atoms with Gasteiger partial charge in [-0.05, 0) is 6.42 Å². The average molecular weight is 217 g/mol. The Morgan fingerprint density at radius 2 is 2.00 bits per heavy atom. The number of rotatable bonds is 5. The van der Waals surface area contributed by atoms with Crippen molar-refractivity contribution < 1.29 is 19.4 Å². The first-order chi connectivity index (χ1) is 6.85. The molecule has 0 aromatic carbocycles. The van der Waals surface area contributed by atoms with Crippen LogP contribution in [0.4, 0.5) is 0 Å². The Hall–Kier alpha value is -1.10. The zero-order chi connectivity index (χ0) is 12.1. The van der Waals surface area contributed by atoms with E-state index in [1.165, 1.54) is 7.11 Å². The Morgan fingerprint density at radius 1 is 1.47 bits per heavy atom. The highest BCUT2D eigenvalue weighted by Gasteiger charge is 2.26. The molecular weight excluding hydrogens is 198 g/mol. The van der Waals surface area contributed by atoms with Gasteiger partial charge in [-0.2, -0.15) is 0 Å². The van der Waals surface area contributed by atoms with Gasteiger partial charge in [0.15, 0.2) is 6.10 Å². The van der Waals surface area contributed by atoms with E-state index in [4.69, 9.17) is 0 Å². The molecule has 5 nitrogen and oxygen atoms in total. The molecule has 0 aromatic heterocycles. The molecular formula is C10H19NO4. The molecule has 2 N–H and O–H groups in total. The van der Waals surface area contributed by atoms with E-state index in [9.17, 15) is 14.7 Å². The van der Waals surface area contributed by atoms with Crippen molar-refractivity contribution in [2.45, 2.75) is 33.3 Å². The van der Waals surface area contributed by atoms with Crippen LogP contribution in [0.25, 0.3) is 0 Å². The molecule has 0 aliphatic carbocycles. The normalized spacial score (nSPS) is 13.1. The smallest absolute Gasteiger partial charge is 0.336 e. The molecule has 1 amide bonds. The van der Waals surface area contributed by atoms with Crippen molar-refractivity contribution in [1.82, 2.24) is 5.32 Å². The van der Waals surface area contributed by atoms with Crippen molar-refractivity contribution in [2.75, 3.05) is 13.7 Å². The number of carbonyl (C=O) groups is 2. The molecule has 0 radical (unpaired) electrons. The topological polar surface area (TPSA) is 75.6 Å². The van der Waals surface area contributed by atoms with Crippen molar-refractivity contribution in [3.05, 3.63) is 0 Å². The first-order valence-electron chi connectivity index (χ1n) is 4.89. The number of aliphatic hydroxyl groups is 1. The summed E-state index contributed by atoms with van der Waals surface area (Å²) in [7, 11) is 1.18. The van der Waals surface area contributed by atoms with Crippen LogP contribution < -0.4 is 5.32 Å². The van der Waals surface area contributed by atoms with Crippen LogP contribution in [-0.2, 0) is 14.3 Å². The zero-order valence-corrected chi connectivity index (χ0v) is 9.66. The van der Waals surface area contributed by atoms with Gasteiger partial charge < -0.3 is 15.2 Å². The molecule has 0 aliphatic rings. The minimum absolute atomic E-state index is 0.116. The third kappa shape index (κ3) is 4.29. The summed E-state index contributed by atoms with van der Waals surface area (Å²) < 4.78 is 4.32. The van der Waals surface area contributed by atoms with Gasteiger partial charge in [-0.3, -0.25) is 4.79 Å². The third-order valence-electron chi connectivity index (χ3n) is 2.43. The van der Waals surface area contributed by atoms with Crippen molar-refractivity contribution >= 4 is 11.9 Å². The largest absolute Gasteiger partial charge is 0.467 e. The monoisotopic (exact) mass is 217 g/mol. The molecule has 15 heavy (non-hydrogen) atoms. The van der Waals surface area contributed by atoms with E-state index in [1.54, 1.807) is 13.8 Å². The first-order valence-corrected chi connectivity index (χ1v) is 4.89. The Bertz CT molecular complexity index is 238. The second kappa shape index (κ2) is 5.70. The number of hydrogen-bond donors (Lipinski definition) is 2. The van der Waals surface area contributed by atoms with Gasteiger partial charge >= 0.3 is 5.97 Å². The second-order valence-corrected chi connectivity index (χ2v) is 3.99. The molecule has 0 aromatic rings. The van der Waals surface area contributed by atoms with Gasteiger partial charge in [-0.25, -0.2) is 4.79 Å². The second-order valence-electron chi connectivity index (χ2n) is 3.99. The molecule has 5 heteroatoms. The lowest BCUT2D eigenvalue weighted by Crippen LogP contribution is -2.42. The van der Waals surface area contributed by atoms with Crippen LogP contribution in [0.15, 0.2) is 0 Å². The lowest BCUT2D eigenvalue weighted by molar-refractivity contribution is -0.150. The van der Waals surface area contributed by atoms with Gasteiger partial charge in [0.05, 0.1) is 13.7 Å². The van der Waals surface area contributed by atoms with Gasteiger partial charge in [-0.15, -0.1) is 0 Å². The fourth-order valence-electron chi connectivity index (χ4n) is 0.809. The van der Waals surface area contributed by atoms with E-state index in [0.29, 0.717) is 6.42 Å². The summed E-state index contributed by atoms with van der Waals surface area (Å²) >= 11 is 0. The highest BCUT2D eigenvalue weighted by atomic mass is 16.5. The predicted octanol–water partition coefficient (Wildman–Crippen LogP) is 0.0727. The molecule has 0 heterocycles. The van der Waals surface area contributed by atoms with Gasteiger partial charge in [0, 0.05) is 5.41 Å². The number of carbonyl (C=O) groups excluding carboxylic acids is 2. The van der Waals surface area contributed by atoms with Crippen LogP contribution in [0.3, 0.4) is 0 Å². The van der Waals surface area contributed by atoms with Crippen molar-refractivity contribution in [2.24, 2.45) is 5.41 Å². The molecule has 0 fully saturated rings. The molecule has 0 bridgehead atoms. The van der Waals surface area contributed by atoms with Gasteiger partial charge in [0.25, 0.3) is 0 Å². The Kier molecular flexibility index (Phi) is 5.28. The SMILES string of the molecule is CCC(C)(C)C(=O)NCC(O)C(=O)OC. The van der Waals surface area contributed by atoms with Crippen LogP contribution >= 0.6 is 0 Å². The quantitative estimate of drug-likeness (QED) is 0.639. The van der Waals surface area contributed by atoms with E-state index in [1.807, 2.05) is 6.92 Å². The fraction of sp³-hybridized carbons (Fsp3) is 0.800. The van der Waals surface area contributed by atoms with Crippen molar-refractivity contribution in [3.8, 4) is 0 Å². The van der Waals surface area contributed by atoms with Crippen LogP contribution in [0, 0.1) is 5.41 Å². The maximum atomic E-state index is 11.5. The van der Waals surface area contributed by atoms with Crippen molar-refractivity contribution in [3.63, 3.8) is 0 Å². The standard InChI is InChI=1S/C10H19NO4/c1-5-10(2,3)9(14)11-6-7(12)8(13)15-4/h7,12H,5-6H2,1-4H3,(H,11,14). The molecule has 1 atom stereocenters. The van der Waals surface area contributed by atoms with E-state index in [-0.39, 0.29) is 12.5 Å². The van der Waals surface area contributed by atoms with Gasteiger partial charge in [0.1, 0.15) is 0 Å². The molecule has 0 saturated carbocycles. The number of methoxy groups -OCH3 is 1. The maximum absolute atomic E-state index is 11.5. The molecule has 0 rings (SSSR count). The molecule has 0 saturated heterocycles. The Morgan fingerprint density at radius 3 is 2.40 bits per heavy atom. The van der Waals surface area contributed by atoms with Crippen LogP contribution in [0.1, 0.15) is 27.2 Å². The van der Waals surface area contributed by atoms with Crippen molar-refractivity contribution in [1.29, 1.82) is 0 Å². The molecule has 0 aliphatic heterocycles. The summed E-state index contributed by atoms with van der Waals surface area (Å²) in [4.78, 5) is 22.4. The maximum Gasteiger partial charge on any atom is 0.336 e. The number of ether oxygens (including phenoxy) is 1. The zero-order valence-electron chi connectivity index (χ0n) is 9.66. The first kappa shape index (κ1) is 13.9. The number of amides is 1. The third-order valence-corrected chi connectivity index (χ3v) is 2.43. The Labute approximate surface area is 89.8 Å². The summed E-state index contributed by atoms with van der Waals surface area (Å²) in [6.45, 7) is 5.38. The van der Waals surface area contributed by atoms with Gasteiger partial charge in [0.2, 0.25) is 5.91 Å². The summed E-state index contributed by atoms with van der Waals surface area (Å²) in [5.74, 6) is -0.933. The minimum atomic E-state index is -1.30. The minimum Gasteiger partial charge on any atom is -0.467 e. The molecule has 0 spiro atoms. The van der Waals surface area contributed by atoms with Crippen LogP contribution in [0.2, 0.25) is 0 Å². The molecule has 88 valence electrons. The summed E-state index contributed by atoms with van der Waals surface area (Å²) in [5.41, 5.74) is -0.490. The van der Waals surface area contributed by atoms with E-state index < -0.39 is 17.5 Å². The Balaban J connectivity index is 4.07. The number of nitrogens with one attached hydrogen (secondary N) is 1.